The lowest BCUT2D eigenvalue weighted by Crippen LogP contribution is -2.30. The molecule has 16 heavy (non-hydrogen) atoms. The quantitative estimate of drug-likeness (QED) is 0.829. The highest BCUT2D eigenvalue weighted by atomic mass is 15.2. The number of likely N-dealkylation sites (N-methyl/N-ethyl adjacent to an activating group) is 1. The average Bonchev–Trinajstić information content (AvgIpc) is 2.76. The van der Waals surface area contributed by atoms with Gasteiger partial charge in [-0.15, -0.1) is 0 Å². The number of aryl methyl sites for hydroxylation is 2. The van der Waals surface area contributed by atoms with Crippen molar-refractivity contribution >= 4 is 5.82 Å². The Labute approximate surface area is 97.1 Å². The maximum Gasteiger partial charge on any atom is 0.132 e. The van der Waals surface area contributed by atoms with Crippen LogP contribution in [0.3, 0.4) is 0 Å². The van der Waals surface area contributed by atoms with Crippen molar-refractivity contribution in [2.45, 2.75) is 32.7 Å². The van der Waals surface area contributed by atoms with Crippen molar-refractivity contribution in [2.24, 2.45) is 0 Å². The highest BCUT2D eigenvalue weighted by Gasteiger charge is 2.22. The van der Waals surface area contributed by atoms with E-state index in [1.165, 1.54) is 6.42 Å². The van der Waals surface area contributed by atoms with Crippen LogP contribution in [0.4, 0.5) is 5.82 Å². The van der Waals surface area contributed by atoms with Crippen LogP contribution in [0.15, 0.2) is 6.07 Å². The molecule has 1 aliphatic rings. The predicted molar refractivity (Wildman–Crippen MR) is 65.8 cm³/mol. The Hall–Kier alpha value is -1.16. The van der Waals surface area contributed by atoms with Crippen LogP contribution in [0.25, 0.3) is 0 Å². The van der Waals surface area contributed by atoms with E-state index in [2.05, 4.69) is 33.2 Å². The fraction of sp³-hybridized carbons (Fsp3) is 0.667. The molecule has 1 saturated heterocycles. The molecule has 4 heteroatoms. The number of rotatable bonds is 3. The van der Waals surface area contributed by atoms with Gasteiger partial charge in [-0.2, -0.15) is 0 Å². The van der Waals surface area contributed by atoms with Gasteiger partial charge >= 0.3 is 0 Å². The van der Waals surface area contributed by atoms with Crippen molar-refractivity contribution in [3.8, 4) is 0 Å². The second kappa shape index (κ2) is 4.78. The number of anilines is 1. The summed E-state index contributed by atoms with van der Waals surface area (Å²) in [7, 11) is 2.02. The molecule has 0 saturated carbocycles. The van der Waals surface area contributed by atoms with Gasteiger partial charge in [-0.05, 0) is 26.8 Å². The third-order valence-electron chi connectivity index (χ3n) is 3.16. The van der Waals surface area contributed by atoms with Crippen LogP contribution in [0.2, 0.25) is 0 Å². The van der Waals surface area contributed by atoms with Gasteiger partial charge in [0.2, 0.25) is 0 Å². The highest BCUT2D eigenvalue weighted by molar-refractivity contribution is 5.41. The van der Waals surface area contributed by atoms with Crippen molar-refractivity contribution in [3.05, 3.63) is 17.6 Å². The molecule has 1 N–H and O–H groups in total. The molecule has 0 aliphatic carbocycles. The molecule has 0 bridgehead atoms. The Morgan fingerprint density at radius 3 is 2.94 bits per heavy atom. The fourth-order valence-corrected chi connectivity index (χ4v) is 2.16. The minimum absolute atomic E-state index is 0.598. The van der Waals surface area contributed by atoms with E-state index < -0.39 is 0 Å². The van der Waals surface area contributed by atoms with Gasteiger partial charge in [0, 0.05) is 30.9 Å². The first-order chi connectivity index (χ1) is 7.72. The third kappa shape index (κ3) is 2.32. The number of hydrogen-bond acceptors (Lipinski definition) is 4. The average molecular weight is 220 g/mol. The van der Waals surface area contributed by atoms with E-state index in [0.29, 0.717) is 6.04 Å². The lowest BCUT2D eigenvalue weighted by molar-refractivity contribution is 0.616. The van der Waals surface area contributed by atoms with E-state index in [9.17, 15) is 0 Å². The van der Waals surface area contributed by atoms with Crippen LogP contribution >= 0.6 is 0 Å². The first-order valence-corrected chi connectivity index (χ1v) is 5.99. The van der Waals surface area contributed by atoms with Gasteiger partial charge in [0.15, 0.2) is 0 Å². The summed E-state index contributed by atoms with van der Waals surface area (Å²) in [6.45, 7) is 6.24. The second-order valence-corrected chi connectivity index (χ2v) is 4.34. The van der Waals surface area contributed by atoms with Gasteiger partial charge in [-0.3, -0.25) is 0 Å². The fourth-order valence-electron chi connectivity index (χ4n) is 2.16. The summed E-state index contributed by atoms with van der Waals surface area (Å²) in [5, 5.41) is 3.32. The van der Waals surface area contributed by atoms with E-state index in [1.54, 1.807) is 0 Å². The van der Waals surface area contributed by atoms with Gasteiger partial charge in [0.1, 0.15) is 11.6 Å². The molecule has 0 spiro atoms. The molecule has 0 radical (unpaired) electrons. The van der Waals surface area contributed by atoms with Crippen LogP contribution < -0.4 is 10.2 Å². The smallest absolute Gasteiger partial charge is 0.132 e. The van der Waals surface area contributed by atoms with Crippen molar-refractivity contribution < 1.29 is 0 Å². The number of nitrogens with one attached hydrogen (secondary N) is 1. The number of hydrogen-bond donors (Lipinski definition) is 1. The van der Waals surface area contributed by atoms with Crippen LogP contribution in [0.1, 0.15) is 24.9 Å². The van der Waals surface area contributed by atoms with E-state index in [1.807, 2.05) is 14.0 Å². The second-order valence-electron chi connectivity index (χ2n) is 4.34. The van der Waals surface area contributed by atoms with Crippen LogP contribution in [0, 0.1) is 6.92 Å². The van der Waals surface area contributed by atoms with E-state index in [0.717, 1.165) is 36.8 Å². The molecule has 0 aromatic carbocycles. The summed E-state index contributed by atoms with van der Waals surface area (Å²) in [5.74, 6) is 1.96. The SMILES string of the molecule is CCc1cc(N2CCC(NC)C2)nc(C)n1. The Balaban J connectivity index is 2.17. The topological polar surface area (TPSA) is 41.0 Å². The summed E-state index contributed by atoms with van der Waals surface area (Å²) in [4.78, 5) is 11.3. The largest absolute Gasteiger partial charge is 0.355 e. The van der Waals surface area contributed by atoms with Gasteiger partial charge in [0.25, 0.3) is 0 Å². The molecular weight excluding hydrogens is 200 g/mol. The zero-order chi connectivity index (χ0) is 11.5. The van der Waals surface area contributed by atoms with Crippen molar-refractivity contribution in [3.63, 3.8) is 0 Å². The Morgan fingerprint density at radius 1 is 1.50 bits per heavy atom. The van der Waals surface area contributed by atoms with Crippen LogP contribution in [-0.2, 0) is 6.42 Å². The molecule has 2 rings (SSSR count). The lowest BCUT2D eigenvalue weighted by atomic mass is 10.3. The maximum atomic E-state index is 4.52. The molecule has 1 atom stereocenters. The minimum atomic E-state index is 0.598. The summed E-state index contributed by atoms with van der Waals surface area (Å²) in [5.41, 5.74) is 1.13. The van der Waals surface area contributed by atoms with Crippen molar-refractivity contribution in [1.29, 1.82) is 0 Å². The van der Waals surface area contributed by atoms with E-state index in [4.69, 9.17) is 0 Å². The summed E-state index contributed by atoms with van der Waals surface area (Å²) in [6, 6.07) is 2.71. The van der Waals surface area contributed by atoms with Crippen LogP contribution in [-0.4, -0.2) is 36.1 Å². The van der Waals surface area contributed by atoms with Crippen molar-refractivity contribution in [2.75, 3.05) is 25.0 Å². The third-order valence-corrected chi connectivity index (χ3v) is 3.16. The summed E-state index contributed by atoms with van der Waals surface area (Å²) >= 11 is 0. The van der Waals surface area contributed by atoms with Gasteiger partial charge in [0.05, 0.1) is 0 Å². The Morgan fingerprint density at radius 2 is 2.31 bits per heavy atom. The predicted octanol–water partition coefficient (Wildman–Crippen LogP) is 1.15. The summed E-state index contributed by atoms with van der Waals surface area (Å²) in [6.07, 6.45) is 2.17. The standard InChI is InChI=1S/C12H20N4/c1-4-10-7-12(15-9(2)14-10)16-6-5-11(8-16)13-3/h7,11,13H,4-6,8H2,1-3H3. The van der Waals surface area contributed by atoms with E-state index >= 15 is 0 Å². The number of aromatic nitrogens is 2. The molecule has 2 heterocycles. The molecule has 1 unspecified atom stereocenters. The van der Waals surface area contributed by atoms with Crippen LogP contribution in [0.5, 0.6) is 0 Å². The maximum absolute atomic E-state index is 4.52. The molecule has 0 amide bonds. The monoisotopic (exact) mass is 220 g/mol. The number of nitrogens with zero attached hydrogens (tertiary/aromatic N) is 3. The van der Waals surface area contributed by atoms with Gasteiger partial charge in [-0.1, -0.05) is 6.92 Å². The molecule has 1 fully saturated rings. The molecule has 4 nitrogen and oxygen atoms in total. The molecular formula is C12H20N4. The first-order valence-electron chi connectivity index (χ1n) is 5.99. The lowest BCUT2D eigenvalue weighted by Gasteiger charge is -2.18. The van der Waals surface area contributed by atoms with Crippen molar-refractivity contribution in [1.82, 2.24) is 15.3 Å². The molecule has 88 valence electrons. The molecule has 1 aromatic heterocycles. The highest BCUT2D eigenvalue weighted by Crippen LogP contribution is 2.19. The van der Waals surface area contributed by atoms with Gasteiger partial charge in [-0.25, -0.2) is 9.97 Å². The zero-order valence-electron chi connectivity index (χ0n) is 10.3. The molecule has 1 aliphatic heterocycles. The first kappa shape index (κ1) is 11.3. The normalized spacial score (nSPS) is 20.4. The van der Waals surface area contributed by atoms with E-state index in [-0.39, 0.29) is 0 Å². The Bertz CT molecular complexity index is 364. The summed E-state index contributed by atoms with van der Waals surface area (Å²) < 4.78 is 0. The van der Waals surface area contributed by atoms with Gasteiger partial charge < -0.3 is 10.2 Å². The zero-order valence-corrected chi connectivity index (χ0v) is 10.3. The molecule has 1 aromatic rings. The Kier molecular flexibility index (Phi) is 3.39. The minimum Gasteiger partial charge on any atom is -0.355 e.